The van der Waals surface area contributed by atoms with Crippen LogP contribution in [0.5, 0.6) is 0 Å². The van der Waals surface area contributed by atoms with Crippen LogP contribution in [0.3, 0.4) is 0 Å². The summed E-state index contributed by atoms with van der Waals surface area (Å²) in [5.41, 5.74) is 0.833. The van der Waals surface area contributed by atoms with Crippen molar-refractivity contribution in [1.29, 1.82) is 0 Å². The minimum absolute atomic E-state index is 0.0236. The smallest absolute Gasteiger partial charge is 0.226 e. The van der Waals surface area contributed by atoms with Gasteiger partial charge in [0.05, 0.1) is 5.69 Å². The van der Waals surface area contributed by atoms with Crippen LogP contribution in [0.4, 0.5) is 14.5 Å². The van der Waals surface area contributed by atoms with Gasteiger partial charge >= 0.3 is 0 Å². The lowest BCUT2D eigenvalue weighted by molar-refractivity contribution is -0.139. The van der Waals surface area contributed by atoms with Gasteiger partial charge in [0.2, 0.25) is 11.8 Å². The molecule has 0 atom stereocenters. The van der Waals surface area contributed by atoms with Crippen molar-refractivity contribution < 1.29 is 23.1 Å². The van der Waals surface area contributed by atoms with E-state index in [9.17, 15) is 18.4 Å². The fraction of sp³-hybridized carbons (Fsp3) is 0.680. The van der Waals surface area contributed by atoms with Crippen molar-refractivity contribution >= 4 is 17.5 Å². The van der Waals surface area contributed by atoms with Gasteiger partial charge in [0.1, 0.15) is 0 Å². The van der Waals surface area contributed by atoms with Crippen LogP contribution in [0.2, 0.25) is 0 Å². The summed E-state index contributed by atoms with van der Waals surface area (Å²) in [6, 6.07) is 2.60. The third-order valence-corrected chi connectivity index (χ3v) is 6.69. The Balaban J connectivity index is 1.99. The summed E-state index contributed by atoms with van der Waals surface area (Å²) < 4.78 is 34.0. The van der Waals surface area contributed by atoms with Crippen molar-refractivity contribution in [3.8, 4) is 0 Å². The number of ether oxygens (including phenoxy) is 1. The highest BCUT2D eigenvalue weighted by Gasteiger charge is 2.29. The van der Waals surface area contributed by atoms with Crippen molar-refractivity contribution in [1.82, 2.24) is 9.80 Å². The monoisotopic (exact) mass is 465 g/mol. The molecule has 1 aromatic rings. The van der Waals surface area contributed by atoms with Gasteiger partial charge in [0.15, 0.2) is 11.6 Å². The van der Waals surface area contributed by atoms with E-state index >= 15 is 0 Å². The Morgan fingerprint density at radius 2 is 1.67 bits per heavy atom. The van der Waals surface area contributed by atoms with E-state index in [4.69, 9.17) is 4.74 Å². The van der Waals surface area contributed by atoms with Crippen molar-refractivity contribution in [3.63, 3.8) is 0 Å². The third kappa shape index (κ3) is 6.51. The third-order valence-electron chi connectivity index (χ3n) is 6.69. The van der Waals surface area contributed by atoms with E-state index in [-0.39, 0.29) is 30.7 Å². The molecule has 1 saturated heterocycles. The van der Waals surface area contributed by atoms with E-state index in [1.807, 2.05) is 0 Å². The number of halogens is 2. The molecule has 0 spiro atoms. The van der Waals surface area contributed by atoms with Gasteiger partial charge in [-0.3, -0.25) is 9.59 Å². The van der Waals surface area contributed by atoms with Crippen LogP contribution in [-0.4, -0.2) is 67.0 Å². The molecular formula is C25H37F2N3O3. The SMILES string of the molecule is CCC(=O)N1CCCN(C(C)C)CCCN(C(=O)C2CCOCC2)Cc2cc(F)c(F)cc21. The van der Waals surface area contributed by atoms with Gasteiger partial charge < -0.3 is 19.4 Å². The van der Waals surface area contributed by atoms with Crippen molar-refractivity contribution in [3.05, 3.63) is 29.3 Å². The van der Waals surface area contributed by atoms with E-state index in [2.05, 4.69) is 18.7 Å². The summed E-state index contributed by atoms with van der Waals surface area (Å²) in [4.78, 5) is 31.9. The Labute approximate surface area is 195 Å². The first-order chi connectivity index (χ1) is 15.8. The Bertz CT molecular complexity index is 827. The molecule has 0 radical (unpaired) electrons. The zero-order chi connectivity index (χ0) is 24.0. The number of rotatable bonds is 3. The van der Waals surface area contributed by atoms with E-state index in [1.54, 1.807) is 16.7 Å². The molecule has 6 nitrogen and oxygen atoms in total. The molecule has 1 fully saturated rings. The maximum atomic E-state index is 14.3. The highest BCUT2D eigenvalue weighted by molar-refractivity contribution is 5.94. The summed E-state index contributed by atoms with van der Waals surface area (Å²) in [5, 5.41) is 0. The maximum Gasteiger partial charge on any atom is 0.226 e. The number of hydrogen-bond donors (Lipinski definition) is 0. The fourth-order valence-corrected chi connectivity index (χ4v) is 4.73. The Kier molecular flexibility index (Phi) is 9.20. The molecule has 2 aliphatic heterocycles. The molecule has 3 rings (SSSR count). The number of amides is 2. The first kappa shape index (κ1) is 25.6. The van der Waals surface area contributed by atoms with E-state index in [0.29, 0.717) is 56.4 Å². The predicted molar refractivity (Wildman–Crippen MR) is 124 cm³/mol. The van der Waals surface area contributed by atoms with E-state index < -0.39 is 11.6 Å². The summed E-state index contributed by atoms with van der Waals surface area (Å²) in [5.74, 6) is -2.20. The summed E-state index contributed by atoms with van der Waals surface area (Å²) in [7, 11) is 0. The molecule has 33 heavy (non-hydrogen) atoms. The molecule has 8 heteroatoms. The molecule has 2 heterocycles. The number of anilines is 1. The second kappa shape index (κ2) is 11.9. The standard InChI is InChI=1S/C25H37F2N3O3/c1-4-24(31)30-12-6-10-28(18(2)3)9-5-11-29(25(32)19-7-13-33-14-8-19)17-20-15-21(26)22(27)16-23(20)30/h15-16,18-19H,4-14,17H2,1-3H3. The van der Waals surface area contributed by atoms with Crippen LogP contribution in [0.25, 0.3) is 0 Å². The van der Waals surface area contributed by atoms with Crippen molar-refractivity contribution in [2.45, 2.75) is 65.5 Å². The molecule has 2 amide bonds. The second-order valence-corrected chi connectivity index (χ2v) is 9.28. The number of benzene rings is 1. The van der Waals surface area contributed by atoms with Crippen LogP contribution < -0.4 is 4.90 Å². The number of nitrogens with zero attached hydrogens (tertiary/aromatic N) is 3. The fourth-order valence-electron chi connectivity index (χ4n) is 4.73. The van der Waals surface area contributed by atoms with Crippen LogP contribution in [0.1, 0.15) is 58.4 Å². The first-order valence-corrected chi connectivity index (χ1v) is 12.2. The summed E-state index contributed by atoms with van der Waals surface area (Å²) in [6.45, 7) is 9.87. The van der Waals surface area contributed by atoms with Gasteiger partial charge in [-0.25, -0.2) is 8.78 Å². The number of carbonyl (C=O) groups is 2. The molecule has 0 aromatic heterocycles. The van der Waals surface area contributed by atoms with Gasteiger partial charge in [-0.2, -0.15) is 0 Å². The summed E-state index contributed by atoms with van der Waals surface area (Å²) >= 11 is 0. The lowest BCUT2D eigenvalue weighted by Crippen LogP contribution is -2.42. The van der Waals surface area contributed by atoms with Gasteiger partial charge in [-0.15, -0.1) is 0 Å². The highest BCUT2D eigenvalue weighted by Crippen LogP contribution is 2.28. The van der Waals surface area contributed by atoms with Crippen molar-refractivity contribution in [2.75, 3.05) is 44.3 Å². The van der Waals surface area contributed by atoms with Gasteiger partial charge in [-0.05, 0) is 51.2 Å². The normalized spacial score (nSPS) is 19.7. The van der Waals surface area contributed by atoms with E-state index in [1.165, 1.54) is 0 Å². The molecular weight excluding hydrogens is 428 g/mol. The minimum atomic E-state index is -0.985. The zero-order valence-electron chi connectivity index (χ0n) is 20.1. The minimum Gasteiger partial charge on any atom is -0.381 e. The molecule has 2 aliphatic rings. The van der Waals surface area contributed by atoms with Crippen LogP contribution >= 0.6 is 0 Å². The lowest BCUT2D eigenvalue weighted by atomic mass is 9.98. The molecule has 0 N–H and O–H groups in total. The Morgan fingerprint density at radius 1 is 1.03 bits per heavy atom. The van der Waals surface area contributed by atoms with Gasteiger partial charge in [-0.1, -0.05) is 6.92 Å². The maximum absolute atomic E-state index is 14.3. The summed E-state index contributed by atoms with van der Waals surface area (Å²) in [6.07, 6.45) is 3.12. The molecule has 1 aromatic carbocycles. The topological polar surface area (TPSA) is 53.1 Å². The number of carbonyl (C=O) groups excluding carboxylic acids is 2. The van der Waals surface area contributed by atoms with Crippen LogP contribution in [-0.2, 0) is 20.9 Å². The lowest BCUT2D eigenvalue weighted by Gasteiger charge is -2.34. The second-order valence-electron chi connectivity index (χ2n) is 9.28. The quantitative estimate of drug-likeness (QED) is 0.678. The zero-order valence-corrected chi connectivity index (χ0v) is 20.1. The largest absolute Gasteiger partial charge is 0.381 e. The van der Waals surface area contributed by atoms with Crippen molar-refractivity contribution in [2.24, 2.45) is 5.92 Å². The van der Waals surface area contributed by atoms with E-state index in [0.717, 1.165) is 38.1 Å². The predicted octanol–water partition coefficient (Wildman–Crippen LogP) is 3.97. The Morgan fingerprint density at radius 3 is 2.30 bits per heavy atom. The highest BCUT2D eigenvalue weighted by atomic mass is 19.2. The number of fused-ring (bicyclic) bond motifs is 1. The Hall–Kier alpha value is -2.06. The molecule has 0 saturated carbocycles. The molecule has 184 valence electrons. The van der Waals surface area contributed by atoms with Crippen LogP contribution in [0.15, 0.2) is 12.1 Å². The molecule has 0 aliphatic carbocycles. The van der Waals surface area contributed by atoms with Gasteiger partial charge in [0, 0.05) is 70.4 Å². The number of hydrogen-bond acceptors (Lipinski definition) is 4. The molecule has 0 bridgehead atoms. The molecule has 0 unspecified atom stereocenters. The first-order valence-electron chi connectivity index (χ1n) is 12.2. The average Bonchev–Trinajstić information content (AvgIpc) is 2.80. The van der Waals surface area contributed by atoms with Gasteiger partial charge in [0.25, 0.3) is 0 Å². The average molecular weight is 466 g/mol. The van der Waals surface area contributed by atoms with Crippen LogP contribution in [0, 0.1) is 17.6 Å².